The van der Waals surface area contributed by atoms with Crippen LogP contribution in [0.4, 0.5) is 11.4 Å². The van der Waals surface area contributed by atoms with E-state index in [1.54, 1.807) is 11.3 Å². The minimum Gasteiger partial charge on any atom is -0.378 e. The fourth-order valence-corrected chi connectivity index (χ4v) is 2.70. The Morgan fingerprint density at radius 1 is 1.20 bits per heavy atom. The van der Waals surface area contributed by atoms with Crippen molar-refractivity contribution >= 4 is 28.7 Å². The van der Waals surface area contributed by atoms with Crippen LogP contribution >= 0.6 is 11.3 Å². The molecule has 0 amide bonds. The molecular formula is C19H29N5S. The number of thiophene rings is 1. The maximum absolute atomic E-state index is 5.84. The highest BCUT2D eigenvalue weighted by molar-refractivity contribution is 7.09. The molecule has 0 radical (unpaired) electrons. The molecule has 0 aliphatic heterocycles. The largest absolute Gasteiger partial charge is 0.378 e. The molecule has 2 aromatic rings. The molecule has 1 aromatic carbocycles. The third-order valence-corrected chi connectivity index (χ3v) is 4.77. The van der Waals surface area contributed by atoms with Gasteiger partial charge in [0, 0.05) is 36.9 Å². The molecule has 0 aliphatic rings. The Bertz CT molecular complexity index is 660. The second kappa shape index (κ2) is 8.87. The highest BCUT2D eigenvalue weighted by Gasteiger charge is 2.16. The first-order valence-electron chi connectivity index (χ1n) is 8.45. The summed E-state index contributed by atoms with van der Waals surface area (Å²) in [4.78, 5) is 8.03. The molecule has 0 saturated carbocycles. The number of anilines is 2. The smallest absolute Gasteiger partial charge is 0.196 e. The van der Waals surface area contributed by atoms with Gasteiger partial charge in [-0.15, -0.1) is 11.3 Å². The van der Waals surface area contributed by atoms with E-state index in [-0.39, 0.29) is 5.41 Å². The highest BCUT2D eigenvalue weighted by atomic mass is 32.1. The summed E-state index contributed by atoms with van der Waals surface area (Å²) in [6.07, 6.45) is 0. The summed E-state index contributed by atoms with van der Waals surface area (Å²) in [7, 11) is 4.07. The van der Waals surface area contributed by atoms with Crippen LogP contribution in [0.2, 0.25) is 0 Å². The average Bonchev–Trinajstić information content (AvgIpc) is 3.11. The first-order chi connectivity index (χ1) is 11.9. The van der Waals surface area contributed by atoms with E-state index in [9.17, 15) is 0 Å². The van der Waals surface area contributed by atoms with Crippen molar-refractivity contribution < 1.29 is 0 Å². The summed E-state index contributed by atoms with van der Waals surface area (Å²) in [6.45, 7) is 6.32. The Morgan fingerprint density at radius 3 is 2.48 bits per heavy atom. The predicted molar refractivity (Wildman–Crippen MR) is 111 cm³/mol. The van der Waals surface area contributed by atoms with E-state index >= 15 is 0 Å². The van der Waals surface area contributed by atoms with Crippen LogP contribution in [0.5, 0.6) is 0 Å². The van der Waals surface area contributed by atoms with Crippen LogP contribution in [0, 0.1) is 5.41 Å². The molecule has 1 heterocycles. The Labute approximate surface area is 155 Å². The van der Waals surface area contributed by atoms with Gasteiger partial charge in [-0.2, -0.15) is 0 Å². The molecular weight excluding hydrogens is 330 g/mol. The first-order valence-corrected chi connectivity index (χ1v) is 9.33. The van der Waals surface area contributed by atoms with E-state index in [0.29, 0.717) is 13.1 Å². The second-order valence-corrected chi connectivity index (χ2v) is 8.06. The third kappa shape index (κ3) is 6.40. The van der Waals surface area contributed by atoms with E-state index in [1.807, 2.05) is 20.2 Å². The first kappa shape index (κ1) is 19.3. The summed E-state index contributed by atoms with van der Waals surface area (Å²) in [5.74, 6) is 0.771. The number of rotatable bonds is 7. The number of nitrogens with zero attached hydrogens (tertiary/aromatic N) is 2. The van der Waals surface area contributed by atoms with Gasteiger partial charge in [-0.25, -0.2) is 4.99 Å². The minimum absolute atomic E-state index is 0.0140. The van der Waals surface area contributed by atoms with Gasteiger partial charge in [-0.1, -0.05) is 19.9 Å². The SMILES string of the molecule is CN(C)c1ccc(NC(=NCc2cccs2)NCC(C)(C)CN)cc1. The van der Waals surface area contributed by atoms with E-state index in [4.69, 9.17) is 10.7 Å². The number of hydrogen-bond acceptors (Lipinski definition) is 4. The number of nitrogens with two attached hydrogens (primary N) is 1. The van der Waals surface area contributed by atoms with Crippen molar-refractivity contribution in [3.8, 4) is 0 Å². The van der Waals surface area contributed by atoms with Gasteiger partial charge in [0.2, 0.25) is 0 Å². The number of guanidine groups is 1. The molecule has 1 aromatic heterocycles. The molecule has 136 valence electrons. The van der Waals surface area contributed by atoms with Gasteiger partial charge in [0.15, 0.2) is 5.96 Å². The van der Waals surface area contributed by atoms with Gasteiger partial charge in [-0.05, 0) is 47.7 Å². The van der Waals surface area contributed by atoms with Crippen LogP contribution in [0.25, 0.3) is 0 Å². The zero-order valence-corrected chi connectivity index (χ0v) is 16.4. The zero-order chi connectivity index (χ0) is 18.3. The topological polar surface area (TPSA) is 65.7 Å². The van der Waals surface area contributed by atoms with Crippen LogP contribution < -0.4 is 21.3 Å². The maximum atomic E-state index is 5.84. The second-order valence-electron chi connectivity index (χ2n) is 7.03. The van der Waals surface area contributed by atoms with Crippen molar-refractivity contribution in [1.29, 1.82) is 0 Å². The summed E-state index contributed by atoms with van der Waals surface area (Å²) in [5.41, 5.74) is 8.03. The maximum Gasteiger partial charge on any atom is 0.196 e. The van der Waals surface area contributed by atoms with Crippen molar-refractivity contribution in [3.05, 3.63) is 46.7 Å². The Hall–Kier alpha value is -2.05. The van der Waals surface area contributed by atoms with Gasteiger partial charge in [0.05, 0.1) is 6.54 Å². The van der Waals surface area contributed by atoms with Crippen LogP contribution in [-0.2, 0) is 6.54 Å². The lowest BCUT2D eigenvalue weighted by Gasteiger charge is -2.24. The molecule has 5 nitrogen and oxygen atoms in total. The van der Waals surface area contributed by atoms with E-state index in [2.05, 4.69) is 65.1 Å². The van der Waals surface area contributed by atoms with E-state index in [1.165, 1.54) is 10.6 Å². The fraction of sp³-hybridized carbons (Fsp3) is 0.421. The van der Waals surface area contributed by atoms with Crippen LogP contribution in [0.1, 0.15) is 18.7 Å². The van der Waals surface area contributed by atoms with Crippen molar-refractivity contribution in [3.63, 3.8) is 0 Å². The number of benzene rings is 1. The van der Waals surface area contributed by atoms with Crippen LogP contribution in [0.15, 0.2) is 46.8 Å². The quantitative estimate of drug-likeness (QED) is 0.524. The van der Waals surface area contributed by atoms with E-state index < -0.39 is 0 Å². The average molecular weight is 360 g/mol. The minimum atomic E-state index is 0.0140. The Balaban J connectivity index is 2.08. The van der Waals surface area contributed by atoms with Gasteiger partial charge < -0.3 is 21.3 Å². The lowest BCUT2D eigenvalue weighted by molar-refractivity contribution is 0.376. The molecule has 0 atom stereocenters. The Morgan fingerprint density at radius 2 is 1.92 bits per heavy atom. The van der Waals surface area contributed by atoms with Gasteiger partial charge >= 0.3 is 0 Å². The number of nitrogens with one attached hydrogen (secondary N) is 2. The lowest BCUT2D eigenvalue weighted by atomic mass is 9.94. The molecule has 25 heavy (non-hydrogen) atoms. The zero-order valence-electron chi connectivity index (χ0n) is 15.5. The van der Waals surface area contributed by atoms with E-state index in [0.717, 1.165) is 18.2 Å². The standard InChI is InChI=1S/C19H29N5S/c1-19(2,13-20)14-22-18(21-12-17-6-5-11-25-17)23-15-7-9-16(10-8-15)24(3)4/h5-11H,12-14,20H2,1-4H3,(H2,21,22,23). The Kier molecular flexibility index (Phi) is 6.84. The van der Waals surface area contributed by atoms with Crippen molar-refractivity contribution in [1.82, 2.24) is 5.32 Å². The van der Waals surface area contributed by atoms with Crippen molar-refractivity contribution in [2.45, 2.75) is 20.4 Å². The molecule has 0 fully saturated rings. The van der Waals surface area contributed by atoms with Gasteiger partial charge in [0.1, 0.15) is 0 Å². The highest BCUT2D eigenvalue weighted by Crippen LogP contribution is 2.16. The van der Waals surface area contributed by atoms with Crippen LogP contribution in [-0.4, -0.2) is 33.1 Å². The van der Waals surface area contributed by atoms with Crippen molar-refractivity contribution in [2.24, 2.45) is 16.1 Å². The fourth-order valence-electron chi connectivity index (χ4n) is 2.07. The summed E-state index contributed by atoms with van der Waals surface area (Å²) in [6, 6.07) is 12.4. The third-order valence-electron chi connectivity index (χ3n) is 3.91. The van der Waals surface area contributed by atoms with Crippen LogP contribution in [0.3, 0.4) is 0 Å². The normalized spacial score (nSPS) is 12.1. The summed E-state index contributed by atoms with van der Waals surface area (Å²) >= 11 is 1.72. The summed E-state index contributed by atoms with van der Waals surface area (Å²) < 4.78 is 0. The molecule has 0 spiro atoms. The molecule has 0 saturated heterocycles. The molecule has 0 unspecified atom stereocenters. The number of hydrogen-bond donors (Lipinski definition) is 3. The molecule has 0 bridgehead atoms. The number of aliphatic imine (C=N–C) groups is 1. The molecule has 2 rings (SSSR count). The molecule has 4 N–H and O–H groups in total. The summed E-state index contributed by atoms with van der Waals surface area (Å²) in [5, 5.41) is 8.87. The van der Waals surface area contributed by atoms with Gasteiger partial charge in [-0.3, -0.25) is 0 Å². The van der Waals surface area contributed by atoms with Crippen molar-refractivity contribution in [2.75, 3.05) is 37.4 Å². The van der Waals surface area contributed by atoms with Gasteiger partial charge in [0.25, 0.3) is 0 Å². The monoisotopic (exact) mass is 359 g/mol. The molecule has 6 heteroatoms. The lowest BCUT2D eigenvalue weighted by Crippen LogP contribution is -2.41. The predicted octanol–water partition coefficient (Wildman–Crippen LogP) is 3.36. The molecule has 0 aliphatic carbocycles.